The minimum Gasteiger partial charge on any atom is -0.369 e. The summed E-state index contributed by atoms with van der Waals surface area (Å²) >= 11 is 0. The summed E-state index contributed by atoms with van der Waals surface area (Å²) in [7, 11) is 0. The average molecular weight is 287 g/mol. The predicted octanol–water partition coefficient (Wildman–Crippen LogP) is 2.78. The molecule has 0 atom stereocenters. The fraction of sp³-hybridized carbons (Fsp3) is 0.667. The van der Waals surface area contributed by atoms with Crippen molar-refractivity contribution in [1.82, 2.24) is 10.2 Å². The summed E-state index contributed by atoms with van der Waals surface area (Å²) in [5.74, 6) is 0. The fourth-order valence-electron chi connectivity index (χ4n) is 3.16. The maximum atomic E-state index is 3.61. The fourth-order valence-corrected chi connectivity index (χ4v) is 3.16. The lowest BCUT2D eigenvalue weighted by Gasteiger charge is -2.36. The zero-order chi connectivity index (χ0) is 14.7. The van der Waals surface area contributed by atoms with Crippen molar-refractivity contribution in [2.45, 2.75) is 45.7 Å². The number of benzene rings is 1. The molecule has 1 saturated heterocycles. The molecule has 0 amide bonds. The molecule has 1 aromatic carbocycles. The molecule has 2 fully saturated rings. The van der Waals surface area contributed by atoms with Crippen LogP contribution in [0.15, 0.2) is 18.2 Å². The van der Waals surface area contributed by atoms with Gasteiger partial charge in [-0.05, 0) is 56.0 Å². The Hall–Kier alpha value is -1.06. The van der Waals surface area contributed by atoms with Crippen molar-refractivity contribution >= 4 is 5.69 Å². The van der Waals surface area contributed by atoms with Crippen LogP contribution in [-0.4, -0.2) is 43.7 Å². The third-order valence-electron chi connectivity index (χ3n) is 4.76. The molecule has 0 spiro atoms. The van der Waals surface area contributed by atoms with Crippen LogP contribution in [-0.2, 0) is 6.54 Å². The van der Waals surface area contributed by atoms with Gasteiger partial charge in [0.2, 0.25) is 0 Å². The molecule has 21 heavy (non-hydrogen) atoms. The molecule has 1 N–H and O–H groups in total. The van der Waals surface area contributed by atoms with Crippen molar-refractivity contribution in [3.05, 3.63) is 29.3 Å². The van der Waals surface area contributed by atoms with Gasteiger partial charge in [-0.1, -0.05) is 13.0 Å². The molecule has 1 aromatic rings. The molecular formula is C18H29N3. The topological polar surface area (TPSA) is 18.5 Å². The SMILES string of the molecule is CCCN1CCN(c2ccc(CNC3CC3)c(C)c2)CC1. The van der Waals surface area contributed by atoms with Crippen molar-refractivity contribution in [3.63, 3.8) is 0 Å². The van der Waals surface area contributed by atoms with E-state index in [0.717, 1.165) is 12.6 Å². The van der Waals surface area contributed by atoms with Gasteiger partial charge in [0.1, 0.15) is 0 Å². The molecule has 2 aliphatic rings. The van der Waals surface area contributed by atoms with Gasteiger partial charge in [0.05, 0.1) is 0 Å². The first kappa shape index (κ1) is 14.9. The van der Waals surface area contributed by atoms with E-state index in [-0.39, 0.29) is 0 Å². The lowest BCUT2D eigenvalue weighted by Crippen LogP contribution is -2.46. The van der Waals surface area contributed by atoms with Gasteiger partial charge in [-0.2, -0.15) is 0 Å². The minimum absolute atomic E-state index is 0.788. The number of nitrogens with zero attached hydrogens (tertiary/aromatic N) is 2. The number of piperazine rings is 1. The highest BCUT2D eigenvalue weighted by Crippen LogP contribution is 2.23. The molecule has 0 radical (unpaired) electrons. The van der Waals surface area contributed by atoms with Crippen LogP contribution >= 0.6 is 0 Å². The van der Waals surface area contributed by atoms with E-state index < -0.39 is 0 Å². The Morgan fingerprint density at radius 3 is 2.52 bits per heavy atom. The second kappa shape index (κ2) is 6.80. The molecule has 0 aromatic heterocycles. The molecule has 116 valence electrons. The first-order valence-electron chi connectivity index (χ1n) is 8.56. The van der Waals surface area contributed by atoms with E-state index in [2.05, 4.69) is 47.2 Å². The Balaban J connectivity index is 1.57. The lowest BCUT2D eigenvalue weighted by molar-refractivity contribution is 0.258. The molecular weight excluding hydrogens is 258 g/mol. The minimum atomic E-state index is 0.788. The van der Waals surface area contributed by atoms with E-state index in [1.54, 1.807) is 0 Å². The Kier molecular flexibility index (Phi) is 4.81. The van der Waals surface area contributed by atoms with Gasteiger partial charge in [0.15, 0.2) is 0 Å². The molecule has 1 saturated carbocycles. The van der Waals surface area contributed by atoms with Gasteiger partial charge >= 0.3 is 0 Å². The number of aryl methyl sites for hydroxylation is 1. The van der Waals surface area contributed by atoms with Crippen LogP contribution in [0.4, 0.5) is 5.69 Å². The zero-order valence-electron chi connectivity index (χ0n) is 13.6. The summed E-state index contributed by atoms with van der Waals surface area (Å²) in [6.07, 6.45) is 3.99. The summed E-state index contributed by atoms with van der Waals surface area (Å²) in [4.78, 5) is 5.12. The molecule has 1 aliphatic heterocycles. The summed E-state index contributed by atoms with van der Waals surface area (Å²) in [5.41, 5.74) is 4.28. The van der Waals surface area contributed by atoms with E-state index in [1.807, 2.05) is 0 Å². The number of anilines is 1. The van der Waals surface area contributed by atoms with Gasteiger partial charge in [0.25, 0.3) is 0 Å². The molecule has 3 heteroatoms. The molecule has 1 heterocycles. The van der Waals surface area contributed by atoms with Gasteiger partial charge < -0.3 is 10.2 Å². The second-order valence-corrected chi connectivity index (χ2v) is 6.59. The maximum Gasteiger partial charge on any atom is 0.0369 e. The number of hydrogen-bond acceptors (Lipinski definition) is 3. The molecule has 1 aliphatic carbocycles. The smallest absolute Gasteiger partial charge is 0.0369 e. The van der Waals surface area contributed by atoms with E-state index >= 15 is 0 Å². The quantitative estimate of drug-likeness (QED) is 0.868. The Morgan fingerprint density at radius 2 is 1.90 bits per heavy atom. The van der Waals surface area contributed by atoms with E-state index in [0.29, 0.717) is 0 Å². The highest BCUT2D eigenvalue weighted by atomic mass is 15.3. The second-order valence-electron chi connectivity index (χ2n) is 6.59. The number of nitrogens with one attached hydrogen (secondary N) is 1. The highest BCUT2D eigenvalue weighted by Gasteiger charge is 2.20. The monoisotopic (exact) mass is 287 g/mol. The van der Waals surface area contributed by atoms with Crippen LogP contribution in [0.5, 0.6) is 0 Å². The standard InChI is InChI=1S/C18H29N3/c1-3-8-20-9-11-21(12-10-20)18-7-4-16(15(2)13-18)14-19-17-5-6-17/h4,7,13,17,19H,3,5-6,8-12,14H2,1-2H3. The molecule has 0 bridgehead atoms. The van der Waals surface area contributed by atoms with E-state index in [4.69, 9.17) is 0 Å². The van der Waals surface area contributed by atoms with Crippen molar-refractivity contribution in [2.75, 3.05) is 37.6 Å². The van der Waals surface area contributed by atoms with Crippen molar-refractivity contribution in [1.29, 1.82) is 0 Å². The third kappa shape index (κ3) is 3.98. The van der Waals surface area contributed by atoms with Gasteiger partial charge in [0, 0.05) is 44.5 Å². The molecule has 0 unspecified atom stereocenters. The van der Waals surface area contributed by atoms with Crippen LogP contribution in [0.1, 0.15) is 37.3 Å². The van der Waals surface area contributed by atoms with Crippen LogP contribution in [0, 0.1) is 6.92 Å². The first-order valence-corrected chi connectivity index (χ1v) is 8.56. The number of rotatable bonds is 6. The van der Waals surface area contributed by atoms with Crippen molar-refractivity contribution in [3.8, 4) is 0 Å². The van der Waals surface area contributed by atoms with Gasteiger partial charge in [-0.25, -0.2) is 0 Å². The molecule has 3 rings (SSSR count). The van der Waals surface area contributed by atoms with Gasteiger partial charge in [-0.15, -0.1) is 0 Å². The Bertz CT molecular complexity index is 460. The maximum absolute atomic E-state index is 3.61. The zero-order valence-corrected chi connectivity index (χ0v) is 13.6. The van der Waals surface area contributed by atoms with Crippen molar-refractivity contribution < 1.29 is 0 Å². The first-order chi connectivity index (χ1) is 10.3. The normalized spacial score (nSPS) is 20.0. The van der Waals surface area contributed by atoms with Crippen LogP contribution in [0.25, 0.3) is 0 Å². The summed E-state index contributed by atoms with van der Waals surface area (Å²) in [5, 5.41) is 3.61. The lowest BCUT2D eigenvalue weighted by atomic mass is 10.1. The van der Waals surface area contributed by atoms with E-state index in [1.165, 1.54) is 68.8 Å². The highest BCUT2D eigenvalue weighted by molar-refractivity contribution is 5.51. The Morgan fingerprint density at radius 1 is 1.14 bits per heavy atom. The van der Waals surface area contributed by atoms with E-state index in [9.17, 15) is 0 Å². The Labute approximate surface area is 129 Å². The van der Waals surface area contributed by atoms with Crippen LogP contribution < -0.4 is 10.2 Å². The van der Waals surface area contributed by atoms with Crippen molar-refractivity contribution in [2.24, 2.45) is 0 Å². The summed E-state index contributed by atoms with van der Waals surface area (Å²) in [6, 6.07) is 7.79. The largest absolute Gasteiger partial charge is 0.369 e. The molecule has 3 nitrogen and oxygen atoms in total. The van der Waals surface area contributed by atoms with Gasteiger partial charge in [-0.3, -0.25) is 4.90 Å². The van der Waals surface area contributed by atoms with Crippen LogP contribution in [0.3, 0.4) is 0 Å². The number of hydrogen-bond donors (Lipinski definition) is 1. The summed E-state index contributed by atoms with van der Waals surface area (Å²) < 4.78 is 0. The van der Waals surface area contributed by atoms with Crippen LogP contribution in [0.2, 0.25) is 0 Å². The summed E-state index contributed by atoms with van der Waals surface area (Å²) in [6.45, 7) is 11.5. The predicted molar refractivity (Wildman–Crippen MR) is 90.0 cm³/mol. The third-order valence-corrected chi connectivity index (χ3v) is 4.76. The average Bonchev–Trinajstić information content (AvgIpc) is 3.31.